The highest BCUT2D eigenvalue weighted by Gasteiger charge is 2.31. The molecule has 0 unspecified atom stereocenters. The van der Waals surface area contributed by atoms with Gasteiger partial charge in [-0.05, 0) is 19.9 Å². The van der Waals surface area contributed by atoms with Crippen molar-refractivity contribution in [1.29, 1.82) is 0 Å². The largest absolute Gasteiger partial charge is 0.495 e. The number of methoxy groups -OCH3 is 1. The van der Waals surface area contributed by atoms with E-state index in [1.54, 1.807) is 33.1 Å². The molecule has 0 spiro atoms. The Morgan fingerprint density at radius 2 is 2.22 bits per heavy atom. The first-order valence-corrected chi connectivity index (χ1v) is 7.92. The molecular formula is C14H14ClN5O2S. The van der Waals surface area contributed by atoms with Gasteiger partial charge in [0.25, 0.3) is 5.91 Å². The minimum absolute atomic E-state index is 0.236. The molecule has 0 aliphatic rings. The molecule has 1 N–H and O–H groups in total. The highest BCUT2D eigenvalue weighted by atomic mass is 35.5. The minimum atomic E-state index is -0.885. The molecule has 0 radical (unpaired) electrons. The van der Waals surface area contributed by atoms with Crippen LogP contribution in [-0.2, 0) is 10.3 Å². The highest BCUT2D eigenvalue weighted by molar-refractivity contribution is 7.22. The van der Waals surface area contributed by atoms with Gasteiger partial charge >= 0.3 is 0 Å². The summed E-state index contributed by atoms with van der Waals surface area (Å²) in [5.41, 5.74) is -0.182. The lowest BCUT2D eigenvalue weighted by molar-refractivity contribution is -0.123. The van der Waals surface area contributed by atoms with Crippen LogP contribution in [0, 0.1) is 0 Å². The lowest BCUT2D eigenvalue weighted by atomic mass is 10.1. The summed E-state index contributed by atoms with van der Waals surface area (Å²) in [6, 6.07) is 3.51. The summed E-state index contributed by atoms with van der Waals surface area (Å²) in [5.74, 6) is 0.337. The van der Waals surface area contributed by atoms with Crippen molar-refractivity contribution >= 4 is 44.2 Å². The van der Waals surface area contributed by atoms with Gasteiger partial charge in [-0.1, -0.05) is 22.9 Å². The number of nitrogens with one attached hydrogen (secondary N) is 1. The first-order chi connectivity index (χ1) is 10.9. The number of hydrogen-bond acceptors (Lipinski definition) is 6. The highest BCUT2D eigenvalue weighted by Crippen LogP contribution is 2.34. The predicted molar refractivity (Wildman–Crippen MR) is 89.2 cm³/mol. The van der Waals surface area contributed by atoms with Crippen LogP contribution in [0.2, 0.25) is 5.02 Å². The molecule has 0 aliphatic heterocycles. The molecule has 7 nitrogen and oxygen atoms in total. The van der Waals surface area contributed by atoms with Crippen LogP contribution in [0.1, 0.15) is 13.8 Å². The van der Waals surface area contributed by atoms with Gasteiger partial charge in [0.05, 0.1) is 22.3 Å². The Kier molecular flexibility index (Phi) is 3.95. The predicted octanol–water partition coefficient (Wildman–Crippen LogP) is 2.92. The van der Waals surface area contributed by atoms with E-state index in [1.165, 1.54) is 28.7 Å². The molecule has 2 heterocycles. The van der Waals surface area contributed by atoms with Crippen LogP contribution in [0.3, 0.4) is 0 Å². The molecule has 120 valence electrons. The SMILES string of the molecule is COc1cc2sc(NC(=O)C(C)(C)n3cncn3)nc2cc1Cl. The number of benzene rings is 1. The van der Waals surface area contributed by atoms with Crippen molar-refractivity contribution < 1.29 is 9.53 Å². The number of nitrogens with zero attached hydrogens (tertiary/aromatic N) is 4. The number of amides is 1. The standard InChI is InChI=1S/C14H14ClN5O2S/c1-14(2,20-7-16-6-17-20)12(21)19-13-18-9-4-8(15)10(22-3)5-11(9)23-13/h4-7H,1-3H3,(H,18,19,21). The van der Waals surface area contributed by atoms with E-state index in [9.17, 15) is 4.79 Å². The molecule has 1 amide bonds. The fourth-order valence-electron chi connectivity index (χ4n) is 1.99. The second-order valence-corrected chi connectivity index (χ2v) is 6.76. The van der Waals surface area contributed by atoms with Crippen LogP contribution in [0.4, 0.5) is 5.13 Å². The molecule has 0 saturated carbocycles. The topological polar surface area (TPSA) is 81.9 Å². The minimum Gasteiger partial charge on any atom is -0.495 e. The number of aromatic nitrogens is 4. The molecule has 9 heteroatoms. The maximum Gasteiger partial charge on any atom is 0.253 e. The molecule has 0 atom stereocenters. The average molecular weight is 352 g/mol. The van der Waals surface area contributed by atoms with E-state index in [0.717, 1.165) is 4.70 Å². The third-order valence-corrected chi connectivity index (χ3v) is 4.66. The van der Waals surface area contributed by atoms with Crippen LogP contribution in [-0.4, -0.2) is 32.8 Å². The van der Waals surface area contributed by atoms with Crippen LogP contribution in [0.15, 0.2) is 24.8 Å². The normalized spacial score (nSPS) is 11.7. The molecule has 0 bridgehead atoms. The smallest absolute Gasteiger partial charge is 0.253 e. The number of thiazole rings is 1. The van der Waals surface area contributed by atoms with E-state index in [1.807, 2.05) is 0 Å². The number of carbonyl (C=O) groups excluding carboxylic acids is 1. The van der Waals surface area contributed by atoms with Crippen molar-refractivity contribution in [2.75, 3.05) is 12.4 Å². The third kappa shape index (κ3) is 2.87. The molecule has 3 rings (SSSR count). The third-order valence-electron chi connectivity index (χ3n) is 3.43. The number of ether oxygens (including phenoxy) is 1. The summed E-state index contributed by atoms with van der Waals surface area (Å²) < 4.78 is 7.56. The number of carbonyl (C=O) groups is 1. The van der Waals surface area contributed by atoms with E-state index in [4.69, 9.17) is 16.3 Å². The van der Waals surface area contributed by atoms with Gasteiger partial charge in [0.2, 0.25) is 0 Å². The van der Waals surface area contributed by atoms with Gasteiger partial charge in [0, 0.05) is 6.07 Å². The number of anilines is 1. The van der Waals surface area contributed by atoms with E-state index in [-0.39, 0.29) is 5.91 Å². The van der Waals surface area contributed by atoms with Crippen molar-refractivity contribution in [3.8, 4) is 5.75 Å². The first kappa shape index (κ1) is 15.7. The zero-order valence-corrected chi connectivity index (χ0v) is 14.3. The molecule has 1 aromatic carbocycles. The van der Waals surface area contributed by atoms with Gasteiger partial charge in [-0.25, -0.2) is 14.6 Å². The second-order valence-electron chi connectivity index (χ2n) is 5.33. The van der Waals surface area contributed by atoms with E-state index < -0.39 is 5.54 Å². The summed E-state index contributed by atoms with van der Waals surface area (Å²) in [6.45, 7) is 3.51. The van der Waals surface area contributed by atoms with Crippen LogP contribution < -0.4 is 10.1 Å². The van der Waals surface area contributed by atoms with Gasteiger partial charge in [-0.15, -0.1) is 0 Å². The Labute approximate surface area is 141 Å². The fourth-order valence-corrected chi connectivity index (χ4v) is 3.10. The zero-order valence-electron chi connectivity index (χ0n) is 12.7. The summed E-state index contributed by atoms with van der Waals surface area (Å²) in [7, 11) is 1.55. The Morgan fingerprint density at radius 3 is 2.87 bits per heavy atom. The number of rotatable bonds is 4. The monoisotopic (exact) mass is 351 g/mol. The Morgan fingerprint density at radius 1 is 1.43 bits per heavy atom. The Balaban J connectivity index is 1.88. The van der Waals surface area contributed by atoms with Gasteiger partial charge < -0.3 is 4.74 Å². The molecule has 0 aliphatic carbocycles. The van der Waals surface area contributed by atoms with Gasteiger partial charge in [0.1, 0.15) is 23.9 Å². The molecular weight excluding hydrogens is 338 g/mol. The maximum absolute atomic E-state index is 12.5. The summed E-state index contributed by atoms with van der Waals surface area (Å²) in [6.07, 6.45) is 2.89. The zero-order chi connectivity index (χ0) is 16.6. The van der Waals surface area contributed by atoms with Gasteiger partial charge in [0.15, 0.2) is 5.13 Å². The average Bonchev–Trinajstić information content (AvgIpc) is 3.15. The number of hydrogen-bond donors (Lipinski definition) is 1. The lowest BCUT2D eigenvalue weighted by Gasteiger charge is -2.22. The van der Waals surface area contributed by atoms with Gasteiger partial charge in [-0.3, -0.25) is 10.1 Å². The van der Waals surface area contributed by atoms with E-state index in [2.05, 4.69) is 20.4 Å². The number of fused-ring (bicyclic) bond motifs is 1. The van der Waals surface area contributed by atoms with Crippen LogP contribution >= 0.6 is 22.9 Å². The van der Waals surface area contributed by atoms with Crippen LogP contribution in [0.25, 0.3) is 10.2 Å². The number of halogens is 1. The summed E-state index contributed by atoms with van der Waals surface area (Å²) >= 11 is 7.44. The van der Waals surface area contributed by atoms with Crippen molar-refractivity contribution in [2.24, 2.45) is 0 Å². The molecule has 23 heavy (non-hydrogen) atoms. The Bertz CT molecular complexity index is 860. The molecule has 0 fully saturated rings. The van der Waals surface area contributed by atoms with E-state index >= 15 is 0 Å². The second kappa shape index (κ2) is 5.78. The molecule has 2 aromatic heterocycles. The van der Waals surface area contributed by atoms with Crippen molar-refractivity contribution in [3.05, 3.63) is 29.8 Å². The van der Waals surface area contributed by atoms with E-state index in [0.29, 0.717) is 21.4 Å². The van der Waals surface area contributed by atoms with Crippen molar-refractivity contribution in [2.45, 2.75) is 19.4 Å². The lowest BCUT2D eigenvalue weighted by Crippen LogP contribution is -2.40. The maximum atomic E-state index is 12.5. The van der Waals surface area contributed by atoms with Crippen molar-refractivity contribution in [1.82, 2.24) is 19.7 Å². The quantitative estimate of drug-likeness (QED) is 0.781. The summed E-state index contributed by atoms with van der Waals surface area (Å²) in [5, 5.41) is 7.80. The van der Waals surface area contributed by atoms with Gasteiger partial charge in [-0.2, -0.15) is 5.10 Å². The molecule has 0 saturated heterocycles. The fraction of sp³-hybridized carbons (Fsp3) is 0.286. The van der Waals surface area contributed by atoms with Crippen molar-refractivity contribution in [3.63, 3.8) is 0 Å². The Hall–Kier alpha value is -2.19. The van der Waals surface area contributed by atoms with Crippen LogP contribution in [0.5, 0.6) is 5.75 Å². The summed E-state index contributed by atoms with van der Waals surface area (Å²) in [4.78, 5) is 20.8. The molecule has 3 aromatic rings. The first-order valence-electron chi connectivity index (χ1n) is 6.72.